The van der Waals surface area contributed by atoms with Gasteiger partial charge in [0.2, 0.25) is 0 Å². The molecule has 1 aromatic heterocycles. The third-order valence-corrected chi connectivity index (χ3v) is 6.31. The van der Waals surface area contributed by atoms with Gasteiger partial charge in [0.25, 0.3) is 5.91 Å². The number of benzene rings is 1. The molecule has 0 spiro atoms. The molecule has 4 rings (SSSR count). The van der Waals surface area contributed by atoms with Crippen molar-refractivity contribution < 1.29 is 14.0 Å². The molecular weight excluding hydrogens is 462 g/mol. The topological polar surface area (TPSA) is 72.6 Å². The summed E-state index contributed by atoms with van der Waals surface area (Å²) in [7, 11) is 0. The van der Waals surface area contributed by atoms with Crippen molar-refractivity contribution in [1.82, 2.24) is 19.7 Å². The normalized spacial score (nSPS) is 18.2. The van der Waals surface area contributed by atoms with Crippen molar-refractivity contribution in [2.24, 2.45) is 5.10 Å². The number of urea groups is 1. The molecule has 0 aliphatic carbocycles. The lowest BCUT2D eigenvalue weighted by Gasteiger charge is -2.34. The second-order valence-electron chi connectivity index (χ2n) is 8.10. The Kier molecular flexibility index (Phi) is 8.08. The van der Waals surface area contributed by atoms with Crippen LogP contribution in [0.15, 0.2) is 45.9 Å². The van der Waals surface area contributed by atoms with Crippen molar-refractivity contribution in [3.05, 3.63) is 47.2 Å². The van der Waals surface area contributed by atoms with E-state index in [1.165, 1.54) is 16.1 Å². The van der Waals surface area contributed by atoms with E-state index in [1.807, 2.05) is 18.2 Å². The van der Waals surface area contributed by atoms with Crippen LogP contribution in [0.25, 0.3) is 11.3 Å². The van der Waals surface area contributed by atoms with E-state index < -0.39 is 0 Å². The molecule has 2 saturated heterocycles. The average molecular weight is 490 g/mol. The largest absolute Gasteiger partial charge is 0.455 e. The molecule has 176 valence electrons. The van der Waals surface area contributed by atoms with Crippen LogP contribution in [0.4, 0.5) is 4.79 Å². The van der Waals surface area contributed by atoms with Gasteiger partial charge in [-0.1, -0.05) is 11.6 Å². The number of carbonyl (C=O) groups is 2. The Hall–Kier alpha value is -2.33. The Bertz CT molecular complexity index is 988. The summed E-state index contributed by atoms with van der Waals surface area (Å²) in [6.45, 7) is 6.33. The molecule has 3 heterocycles. The predicted molar refractivity (Wildman–Crippen MR) is 132 cm³/mol. The first-order valence-electron chi connectivity index (χ1n) is 11.1. The number of amides is 3. The number of nitrogens with zero attached hydrogens (tertiary/aromatic N) is 5. The summed E-state index contributed by atoms with van der Waals surface area (Å²) in [5.41, 5.74) is 0.890. The number of carbonyl (C=O) groups excluding carboxylic acids is 2. The van der Waals surface area contributed by atoms with E-state index in [9.17, 15) is 9.59 Å². The lowest BCUT2D eigenvalue weighted by Crippen LogP contribution is -2.47. The summed E-state index contributed by atoms with van der Waals surface area (Å²) in [5, 5.41) is 6.02. The minimum atomic E-state index is -0.390. The Morgan fingerprint density at radius 1 is 0.970 bits per heavy atom. The molecule has 3 amide bonds. The minimum absolute atomic E-state index is 0.0531. The third kappa shape index (κ3) is 6.17. The fourth-order valence-corrected chi connectivity index (χ4v) is 4.39. The van der Waals surface area contributed by atoms with Crippen LogP contribution < -0.4 is 0 Å². The number of hydrazone groups is 1. The van der Waals surface area contributed by atoms with Crippen molar-refractivity contribution in [1.29, 1.82) is 0 Å². The van der Waals surface area contributed by atoms with Crippen LogP contribution in [-0.4, -0.2) is 96.0 Å². The summed E-state index contributed by atoms with van der Waals surface area (Å²) in [6, 6.07) is 10.5. The van der Waals surface area contributed by atoms with Crippen molar-refractivity contribution >= 4 is 42.4 Å². The molecule has 0 bridgehead atoms. The number of thiol groups is 1. The van der Waals surface area contributed by atoms with Gasteiger partial charge in [0, 0.05) is 55.6 Å². The number of piperazine rings is 1. The Morgan fingerprint density at radius 2 is 1.67 bits per heavy atom. The molecule has 0 unspecified atom stereocenters. The van der Waals surface area contributed by atoms with Crippen molar-refractivity contribution in [3.63, 3.8) is 0 Å². The monoisotopic (exact) mass is 489 g/mol. The van der Waals surface area contributed by atoms with Crippen LogP contribution in [-0.2, 0) is 4.79 Å². The minimum Gasteiger partial charge on any atom is -0.455 e. The molecule has 0 saturated carbocycles. The zero-order chi connectivity index (χ0) is 23.2. The van der Waals surface area contributed by atoms with Crippen LogP contribution in [0.2, 0.25) is 5.02 Å². The SMILES string of the molecule is O=C1CN(N=Cc2ccc(-c3ccc(Cl)cc3)o2)C(=O)N1CCCN1CCN(CCS)CC1. The van der Waals surface area contributed by atoms with Crippen LogP contribution in [0.3, 0.4) is 0 Å². The maximum atomic E-state index is 12.6. The number of furan rings is 1. The molecule has 10 heteroatoms. The van der Waals surface area contributed by atoms with E-state index in [4.69, 9.17) is 16.0 Å². The molecule has 2 aliphatic heterocycles. The molecule has 1 aromatic carbocycles. The molecule has 2 fully saturated rings. The molecule has 0 radical (unpaired) electrons. The third-order valence-electron chi connectivity index (χ3n) is 5.85. The maximum Gasteiger partial charge on any atom is 0.347 e. The highest BCUT2D eigenvalue weighted by atomic mass is 35.5. The van der Waals surface area contributed by atoms with Gasteiger partial charge < -0.3 is 9.32 Å². The number of halogens is 1. The van der Waals surface area contributed by atoms with E-state index in [0.717, 1.165) is 57.0 Å². The molecule has 8 nitrogen and oxygen atoms in total. The van der Waals surface area contributed by atoms with Crippen LogP contribution in [0, 0.1) is 0 Å². The summed E-state index contributed by atoms with van der Waals surface area (Å²) in [5.74, 6) is 1.82. The standard InChI is InChI=1S/C23H28ClN5O3S/c24-19-4-2-18(3-5-19)21-7-6-20(32-21)16-25-29-17-22(30)28(23(29)31)9-1-8-26-10-12-27(13-11-26)14-15-33/h2-7,16,33H,1,8-15,17H2. The smallest absolute Gasteiger partial charge is 0.347 e. The number of hydrogen-bond acceptors (Lipinski definition) is 7. The highest BCUT2D eigenvalue weighted by Gasteiger charge is 2.35. The first-order valence-corrected chi connectivity index (χ1v) is 12.1. The van der Waals surface area contributed by atoms with Gasteiger partial charge >= 0.3 is 6.03 Å². The van der Waals surface area contributed by atoms with Gasteiger partial charge in [0.05, 0.1) is 6.21 Å². The van der Waals surface area contributed by atoms with Gasteiger partial charge in [-0.25, -0.2) is 9.80 Å². The van der Waals surface area contributed by atoms with Gasteiger partial charge in [-0.2, -0.15) is 17.7 Å². The lowest BCUT2D eigenvalue weighted by atomic mass is 10.2. The van der Waals surface area contributed by atoms with Gasteiger partial charge in [-0.05, 0) is 49.4 Å². The molecule has 33 heavy (non-hydrogen) atoms. The van der Waals surface area contributed by atoms with E-state index in [2.05, 4.69) is 27.5 Å². The van der Waals surface area contributed by atoms with Gasteiger partial charge in [-0.15, -0.1) is 0 Å². The second kappa shape index (κ2) is 11.2. The van der Waals surface area contributed by atoms with Gasteiger partial charge in [0.1, 0.15) is 18.1 Å². The molecule has 0 N–H and O–H groups in total. The van der Waals surface area contributed by atoms with E-state index in [-0.39, 0.29) is 18.5 Å². The van der Waals surface area contributed by atoms with Crippen molar-refractivity contribution in [3.8, 4) is 11.3 Å². The maximum absolute atomic E-state index is 12.6. The van der Waals surface area contributed by atoms with Crippen molar-refractivity contribution in [2.45, 2.75) is 6.42 Å². The molecule has 2 aliphatic rings. The lowest BCUT2D eigenvalue weighted by molar-refractivity contribution is -0.125. The first kappa shape index (κ1) is 23.8. The van der Waals surface area contributed by atoms with Gasteiger partial charge in [-0.3, -0.25) is 14.6 Å². The molecule has 0 atom stereocenters. The zero-order valence-corrected chi connectivity index (χ0v) is 20.0. The fraction of sp³-hybridized carbons (Fsp3) is 0.435. The average Bonchev–Trinajstić information content (AvgIpc) is 3.39. The van der Waals surface area contributed by atoms with Crippen LogP contribution in [0.5, 0.6) is 0 Å². The predicted octanol–water partition coefficient (Wildman–Crippen LogP) is 3.14. The quantitative estimate of drug-likeness (QED) is 0.333. The zero-order valence-electron chi connectivity index (χ0n) is 18.4. The summed E-state index contributed by atoms with van der Waals surface area (Å²) in [6.07, 6.45) is 2.21. The number of hydrogen-bond donors (Lipinski definition) is 1. The van der Waals surface area contributed by atoms with Crippen LogP contribution in [0.1, 0.15) is 12.2 Å². The highest BCUT2D eigenvalue weighted by Crippen LogP contribution is 2.23. The fourth-order valence-electron chi connectivity index (χ4n) is 3.99. The first-order chi connectivity index (χ1) is 16.0. The van der Waals surface area contributed by atoms with E-state index in [1.54, 1.807) is 18.2 Å². The van der Waals surface area contributed by atoms with Gasteiger partial charge in [0.15, 0.2) is 0 Å². The summed E-state index contributed by atoms with van der Waals surface area (Å²) >= 11 is 10.2. The Balaban J connectivity index is 1.25. The Morgan fingerprint density at radius 3 is 2.36 bits per heavy atom. The van der Waals surface area contributed by atoms with Crippen molar-refractivity contribution in [2.75, 3.05) is 58.1 Å². The van der Waals surface area contributed by atoms with E-state index in [0.29, 0.717) is 23.1 Å². The summed E-state index contributed by atoms with van der Waals surface area (Å²) < 4.78 is 5.77. The summed E-state index contributed by atoms with van der Waals surface area (Å²) in [4.78, 5) is 31.1. The van der Waals surface area contributed by atoms with E-state index >= 15 is 0 Å². The highest BCUT2D eigenvalue weighted by molar-refractivity contribution is 7.80. The number of rotatable bonds is 9. The Labute approximate surface area is 204 Å². The van der Waals surface area contributed by atoms with Crippen LogP contribution >= 0.6 is 24.2 Å². The second-order valence-corrected chi connectivity index (χ2v) is 8.98. The molecule has 2 aromatic rings. The number of imide groups is 1. The molecular formula is C23H28ClN5O3S.